The maximum absolute atomic E-state index is 11.8. The van der Waals surface area contributed by atoms with Gasteiger partial charge in [-0.2, -0.15) is 0 Å². The first kappa shape index (κ1) is 19.2. The van der Waals surface area contributed by atoms with Crippen molar-refractivity contribution < 1.29 is 9.53 Å². The van der Waals surface area contributed by atoms with Gasteiger partial charge in [0.1, 0.15) is 0 Å². The van der Waals surface area contributed by atoms with Crippen LogP contribution in [0.4, 0.5) is 4.79 Å². The van der Waals surface area contributed by atoms with Gasteiger partial charge in [0.2, 0.25) is 5.88 Å². The molecule has 2 amide bonds. The Labute approximate surface area is 139 Å². The Kier molecular flexibility index (Phi) is 9.05. The molecule has 0 atom stereocenters. The third-order valence-corrected chi connectivity index (χ3v) is 3.68. The van der Waals surface area contributed by atoms with Crippen LogP contribution in [0.25, 0.3) is 0 Å². The highest BCUT2D eigenvalue weighted by Crippen LogP contribution is 2.13. The van der Waals surface area contributed by atoms with Gasteiger partial charge in [0, 0.05) is 30.9 Å². The maximum atomic E-state index is 11.8. The number of nitrogens with one attached hydrogen (secondary N) is 2. The quantitative estimate of drug-likeness (QED) is 0.649. The molecule has 1 aromatic heterocycles. The van der Waals surface area contributed by atoms with Crippen molar-refractivity contribution in [1.29, 1.82) is 0 Å². The average molecular weight is 322 g/mol. The number of carbonyl (C=O) groups excluding carboxylic acids is 1. The molecule has 0 saturated heterocycles. The lowest BCUT2D eigenvalue weighted by molar-refractivity contribution is 0.239. The summed E-state index contributed by atoms with van der Waals surface area (Å²) in [5, 5.41) is 5.71. The van der Waals surface area contributed by atoms with Crippen molar-refractivity contribution >= 4 is 6.03 Å². The van der Waals surface area contributed by atoms with Crippen molar-refractivity contribution in [2.45, 2.75) is 46.2 Å². The van der Waals surface area contributed by atoms with Gasteiger partial charge in [-0.1, -0.05) is 6.07 Å². The van der Waals surface area contributed by atoms with Crippen LogP contribution in [0, 0.1) is 0 Å². The van der Waals surface area contributed by atoms with Gasteiger partial charge >= 0.3 is 6.03 Å². The maximum Gasteiger partial charge on any atom is 0.315 e. The average Bonchev–Trinajstić information content (AvgIpc) is 2.53. The number of aromatic nitrogens is 1. The van der Waals surface area contributed by atoms with E-state index in [2.05, 4.69) is 41.4 Å². The third-order valence-electron chi connectivity index (χ3n) is 3.68. The fourth-order valence-corrected chi connectivity index (χ4v) is 2.01. The minimum absolute atomic E-state index is 0.159. The van der Waals surface area contributed by atoms with Crippen LogP contribution in [0.3, 0.4) is 0 Å². The first-order valence-corrected chi connectivity index (χ1v) is 8.33. The zero-order valence-electron chi connectivity index (χ0n) is 14.8. The summed E-state index contributed by atoms with van der Waals surface area (Å²) in [4.78, 5) is 18.3. The molecule has 0 aromatic carbocycles. The lowest BCUT2D eigenvalue weighted by Gasteiger charge is -2.20. The zero-order chi connectivity index (χ0) is 17.1. The first-order valence-electron chi connectivity index (χ1n) is 8.33. The van der Waals surface area contributed by atoms with Crippen molar-refractivity contribution in [3.05, 3.63) is 23.9 Å². The molecule has 6 nitrogen and oxygen atoms in total. The van der Waals surface area contributed by atoms with E-state index in [1.54, 1.807) is 6.20 Å². The summed E-state index contributed by atoms with van der Waals surface area (Å²) in [6, 6.07) is 4.14. The smallest absolute Gasteiger partial charge is 0.315 e. The second-order valence-electron chi connectivity index (χ2n) is 5.79. The van der Waals surface area contributed by atoms with Gasteiger partial charge in [-0.15, -0.1) is 0 Å². The van der Waals surface area contributed by atoms with Crippen molar-refractivity contribution in [3.63, 3.8) is 0 Å². The summed E-state index contributed by atoms with van der Waals surface area (Å²) >= 11 is 0. The highest BCUT2D eigenvalue weighted by Gasteiger charge is 2.06. The van der Waals surface area contributed by atoms with Crippen molar-refractivity contribution in [2.24, 2.45) is 0 Å². The Balaban J connectivity index is 2.20. The Hall–Kier alpha value is -1.82. The number of hydrogen-bond acceptors (Lipinski definition) is 4. The normalized spacial score (nSPS) is 10.9. The lowest BCUT2D eigenvalue weighted by Crippen LogP contribution is -2.36. The number of carbonyl (C=O) groups is 1. The van der Waals surface area contributed by atoms with Gasteiger partial charge in [-0.05, 0) is 53.3 Å². The van der Waals surface area contributed by atoms with Crippen LogP contribution in [0.5, 0.6) is 5.88 Å². The molecular weight excluding hydrogens is 292 g/mol. The number of rotatable bonds is 10. The Morgan fingerprint density at radius 2 is 2.13 bits per heavy atom. The highest BCUT2D eigenvalue weighted by molar-refractivity contribution is 5.73. The molecule has 1 heterocycles. The predicted molar refractivity (Wildman–Crippen MR) is 92.6 cm³/mol. The number of unbranched alkanes of at least 4 members (excludes halogenated alkanes) is 1. The predicted octanol–water partition coefficient (Wildman–Crippen LogP) is 2.40. The topological polar surface area (TPSA) is 66.5 Å². The van der Waals surface area contributed by atoms with E-state index < -0.39 is 0 Å². The van der Waals surface area contributed by atoms with Crippen molar-refractivity contribution in [2.75, 3.05) is 26.7 Å². The second-order valence-corrected chi connectivity index (χ2v) is 5.79. The van der Waals surface area contributed by atoms with E-state index in [4.69, 9.17) is 4.74 Å². The molecule has 0 radical (unpaired) electrons. The van der Waals surface area contributed by atoms with Gasteiger partial charge in [0.25, 0.3) is 0 Å². The minimum Gasteiger partial charge on any atom is -0.478 e. The van der Waals surface area contributed by atoms with Gasteiger partial charge < -0.3 is 20.3 Å². The Bertz CT molecular complexity index is 466. The van der Waals surface area contributed by atoms with E-state index in [1.165, 1.54) is 0 Å². The molecule has 2 N–H and O–H groups in total. The number of amides is 2. The van der Waals surface area contributed by atoms with E-state index in [1.807, 2.05) is 19.1 Å². The second kappa shape index (κ2) is 10.8. The van der Waals surface area contributed by atoms with E-state index in [-0.39, 0.29) is 6.03 Å². The molecule has 0 fully saturated rings. The molecular formula is C17H30N4O2. The van der Waals surface area contributed by atoms with Crippen molar-refractivity contribution in [3.8, 4) is 5.88 Å². The summed E-state index contributed by atoms with van der Waals surface area (Å²) in [7, 11) is 2.12. The molecule has 0 bridgehead atoms. The number of ether oxygens (including phenoxy) is 1. The lowest BCUT2D eigenvalue weighted by atomic mass is 10.2. The molecule has 0 saturated carbocycles. The number of pyridine rings is 1. The van der Waals surface area contributed by atoms with Gasteiger partial charge in [0.15, 0.2) is 0 Å². The van der Waals surface area contributed by atoms with Crippen LogP contribution >= 0.6 is 0 Å². The number of nitrogens with zero attached hydrogens (tertiary/aromatic N) is 2. The van der Waals surface area contributed by atoms with Crippen LogP contribution in [0.2, 0.25) is 0 Å². The largest absolute Gasteiger partial charge is 0.478 e. The van der Waals surface area contributed by atoms with Gasteiger partial charge in [-0.3, -0.25) is 0 Å². The number of hydrogen-bond donors (Lipinski definition) is 2. The standard InChI is InChI=1S/C17H30N4O2/c1-5-23-16-15(9-8-11-18-16)13-20-17(22)19-10-6-7-12-21(4)14(2)3/h8-9,11,14H,5-7,10,12-13H2,1-4H3,(H2,19,20,22). The van der Waals surface area contributed by atoms with Crippen LogP contribution < -0.4 is 15.4 Å². The highest BCUT2D eigenvalue weighted by atomic mass is 16.5. The summed E-state index contributed by atoms with van der Waals surface area (Å²) in [6.07, 6.45) is 3.73. The molecule has 0 spiro atoms. The summed E-state index contributed by atoms with van der Waals surface area (Å²) in [5.41, 5.74) is 0.878. The van der Waals surface area contributed by atoms with Crippen LogP contribution in [-0.4, -0.2) is 48.7 Å². The molecule has 23 heavy (non-hydrogen) atoms. The molecule has 1 rings (SSSR count). The fraction of sp³-hybridized carbons (Fsp3) is 0.647. The number of urea groups is 1. The minimum atomic E-state index is -0.159. The Morgan fingerprint density at radius 1 is 1.35 bits per heavy atom. The molecule has 0 aliphatic rings. The third kappa shape index (κ3) is 7.83. The summed E-state index contributed by atoms with van der Waals surface area (Å²) < 4.78 is 5.44. The first-order chi connectivity index (χ1) is 11.0. The van der Waals surface area contributed by atoms with Crippen LogP contribution in [-0.2, 0) is 6.54 Å². The van der Waals surface area contributed by atoms with E-state index in [0.717, 1.165) is 24.9 Å². The van der Waals surface area contributed by atoms with Gasteiger partial charge in [-0.25, -0.2) is 9.78 Å². The molecule has 1 aromatic rings. The molecule has 6 heteroatoms. The summed E-state index contributed by atoms with van der Waals surface area (Å²) in [6.45, 7) is 8.97. The van der Waals surface area contributed by atoms with E-state index in [9.17, 15) is 4.79 Å². The van der Waals surface area contributed by atoms with E-state index in [0.29, 0.717) is 31.6 Å². The fourth-order valence-electron chi connectivity index (χ4n) is 2.01. The van der Waals surface area contributed by atoms with Crippen molar-refractivity contribution in [1.82, 2.24) is 20.5 Å². The molecule has 0 aliphatic carbocycles. The zero-order valence-corrected chi connectivity index (χ0v) is 14.8. The van der Waals surface area contributed by atoms with Gasteiger partial charge in [0.05, 0.1) is 6.61 Å². The SMILES string of the molecule is CCOc1ncccc1CNC(=O)NCCCCN(C)C(C)C. The molecule has 0 aliphatic heterocycles. The van der Waals surface area contributed by atoms with E-state index >= 15 is 0 Å². The van der Waals surface area contributed by atoms with Crippen LogP contribution in [0.15, 0.2) is 18.3 Å². The monoisotopic (exact) mass is 322 g/mol. The Morgan fingerprint density at radius 3 is 2.83 bits per heavy atom. The molecule has 0 unspecified atom stereocenters. The molecule has 130 valence electrons. The van der Waals surface area contributed by atoms with Crippen LogP contribution in [0.1, 0.15) is 39.2 Å². The summed E-state index contributed by atoms with van der Waals surface area (Å²) in [5.74, 6) is 0.576.